The van der Waals surface area contributed by atoms with Crippen molar-refractivity contribution in [3.8, 4) is 5.75 Å². The Kier molecular flexibility index (Phi) is 3.96. The molecule has 0 bridgehead atoms. The van der Waals surface area contributed by atoms with Crippen molar-refractivity contribution in [1.29, 1.82) is 0 Å². The number of ether oxygens (including phenoxy) is 3. The molecule has 1 fully saturated rings. The van der Waals surface area contributed by atoms with Crippen LogP contribution in [-0.4, -0.2) is 29.9 Å². The minimum atomic E-state index is -0.650. The molecule has 0 aliphatic carbocycles. The van der Waals surface area contributed by atoms with Crippen LogP contribution in [0.4, 0.5) is 4.79 Å². The van der Waals surface area contributed by atoms with Crippen LogP contribution in [-0.2, 0) is 20.6 Å². The van der Waals surface area contributed by atoms with Crippen LogP contribution in [0.5, 0.6) is 5.75 Å². The molecule has 132 valence electrons. The van der Waals surface area contributed by atoms with Gasteiger partial charge in [0.2, 0.25) is 0 Å². The number of hydrogen-bond acceptors (Lipinski definition) is 5. The van der Waals surface area contributed by atoms with E-state index in [2.05, 4.69) is 10.3 Å². The van der Waals surface area contributed by atoms with Crippen molar-refractivity contribution < 1.29 is 19.0 Å². The number of amides is 1. The number of alkyl carbamates (subject to hydrolysis) is 1. The molecule has 3 rings (SSSR count). The van der Waals surface area contributed by atoms with Gasteiger partial charge in [0.25, 0.3) is 0 Å². The van der Waals surface area contributed by atoms with Crippen molar-refractivity contribution in [2.24, 2.45) is 0 Å². The van der Waals surface area contributed by atoms with Gasteiger partial charge in [0, 0.05) is 12.0 Å². The quantitative estimate of drug-likeness (QED) is 0.650. The second kappa shape index (κ2) is 5.49. The van der Waals surface area contributed by atoms with Gasteiger partial charge in [-0.25, -0.2) is 9.78 Å². The number of aromatic nitrogens is 1. The first-order chi connectivity index (χ1) is 11.0. The Morgan fingerprint density at radius 3 is 2.67 bits per heavy atom. The van der Waals surface area contributed by atoms with Crippen LogP contribution in [0, 0.1) is 0 Å². The molecule has 7 heteroatoms. The third-order valence-electron chi connectivity index (χ3n) is 4.27. The Balaban J connectivity index is 1.95. The lowest BCUT2D eigenvalue weighted by molar-refractivity contribution is 0.0432. The van der Waals surface area contributed by atoms with Gasteiger partial charge in [0.1, 0.15) is 11.2 Å². The van der Waals surface area contributed by atoms with E-state index in [4.69, 9.17) is 25.8 Å². The molecule has 2 atom stereocenters. The van der Waals surface area contributed by atoms with E-state index in [1.165, 1.54) is 0 Å². The number of epoxide rings is 1. The maximum atomic E-state index is 12.3. The highest BCUT2D eigenvalue weighted by atomic mass is 35.5. The van der Waals surface area contributed by atoms with E-state index >= 15 is 0 Å². The Morgan fingerprint density at radius 1 is 1.42 bits per heavy atom. The molecule has 2 aliphatic heterocycles. The second-order valence-electron chi connectivity index (χ2n) is 7.75. The van der Waals surface area contributed by atoms with Gasteiger partial charge in [-0.1, -0.05) is 11.6 Å². The minimum absolute atomic E-state index is 0.288. The average Bonchev–Trinajstić information content (AvgIpc) is 3.16. The number of halogens is 1. The number of pyridine rings is 1. The van der Waals surface area contributed by atoms with Crippen molar-refractivity contribution in [2.75, 3.05) is 13.2 Å². The van der Waals surface area contributed by atoms with E-state index in [0.29, 0.717) is 25.4 Å². The lowest BCUT2D eigenvalue weighted by atomic mass is 9.86. The van der Waals surface area contributed by atoms with Crippen LogP contribution in [0.2, 0.25) is 5.15 Å². The van der Waals surface area contributed by atoms with E-state index in [9.17, 15) is 4.79 Å². The number of nitrogens with zero attached hydrogens (tertiary/aromatic N) is 1. The summed E-state index contributed by atoms with van der Waals surface area (Å²) in [6.45, 7) is 10.4. The van der Waals surface area contributed by atoms with Crippen molar-refractivity contribution >= 4 is 17.7 Å². The summed E-state index contributed by atoms with van der Waals surface area (Å²) >= 11 is 6.32. The molecule has 1 saturated heterocycles. The molecule has 2 aliphatic rings. The highest BCUT2D eigenvalue weighted by Gasteiger charge is 2.46. The largest absolute Gasteiger partial charge is 0.490 e. The van der Waals surface area contributed by atoms with Gasteiger partial charge in [-0.2, -0.15) is 0 Å². The summed E-state index contributed by atoms with van der Waals surface area (Å²) in [5, 5.41) is 3.25. The zero-order valence-corrected chi connectivity index (χ0v) is 15.4. The van der Waals surface area contributed by atoms with E-state index < -0.39 is 22.8 Å². The third kappa shape index (κ3) is 3.30. The Bertz CT molecular complexity index is 682. The molecule has 1 aromatic heterocycles. The van der Waals surface area contributed by atoms with Crippen molar-refractivity contribution in [1.82, 2.24) is 10.3 Å². The molecular formula is C17H23ClN2O4. The molecule has 0 aromatic carbocycles. The predicted molar refractivity (Wildman–Crippen MR) is 89.4 cm³/mol. The topological polar surface area (TPSA) is 73.0 Å². The Labute approximate surface area is 146 Å². The van der Waals surface area contributed by atoms with Crippen molar-refractivity contribution in [3.05, 3.63) is 22.5 Å². The molecule has 1 amide bonds. The van der Waals surface area contributed by atoms with Gasteiger partial charge in [0.05, 0.1) is 24.4 Å². The molecule has 24 heavy (non-hydrogen) atoms. The number of carbonyl (C=O) groups excluding carboxylic acids is 1. The first-order valence-electron chi connectivity index (χ1n) is 8.02. The average molecular weight is 355 g/mol. The Morgan fingerprint density at radius 2 is 2.08 bits per heavy atom. The molecular weight excluding hydrogens is 332 g/mol. The summed E-state index contributed by atoms with van der Waals surface area (Å²) in [6.07, 6.45) is 0.137. The van der Waals surface area contributed by atoms with Gasteiger partial charge in [-0.05, 0) is 40.7 Å². The van der Waals surface area contributed by atoms with Crippen molar-refractivity contribution in [2.45, 2.75) is 57.8 Å². The maximum absolute atomic E-state index is 12.3. The fraction of sp³-hybridized carbons (Fsp3) is 0.647. The third-order valence-corrected chi connectivity index (χ3v) is 4.53. The lowest BCUT2D eigenvalue weighted by Crippen LogP contribution is -2.48. The van der Waals surface area contributed by atoms with Crippen LogP contribution in [0.3, 0.4) is 0 Å². The number of carbonyl (C=O) groups is 1. The maximum Gasteiger partial charge on any atom is 0.408 e. The van der Waals surface area contributed by atoms with Crippen molar-refractivity contribution in [3.63, 3.8) is 0 Å². The van der Waals surface area contributed by atoms with Gasteiger partial charge < -0.3 is 19.5 Å². The number of nitrogens with one attached hydrogen (secondary N) is 1. The SMILES string of the molecule is CC(C)(C)OC(=O)N[C@@]1(C)CCOc2c1cc(C1(C)CO1)nc2Cl. The van der Waals surface area contributed by atoms with Crippen LogP contribution in [0.15, 0.2) is 6.07 Å². The summed E-state index contributed by atoms with van der Waals surface area (Å²) in [6, 6.07) is 1.91. The highest BCUT2D eigenvalue weighted by molar-refractivity contribution is 6.31. The van der Waals surface area contributed by atoms with E-state index in [-0.39, 0.29) is 5.15 Å². The lowest BCUT2D eigenvalue weighted by Gasteiger charge is -2.37. The first-order valence-corrected chi connectivity index (χ1v) is 8.40. The van der Waals surface area contributed by atoms with Crippen LogP contribution < -0.4 is 10.1 Å². The first kappa shape index (κ1) is 17.3. The normalized spacial score (nSPS) is 28.6. The fourth-order valence-electron chi connectivity index (χ4n) is 2.73. The minimum Gasteiger partial charge on any atom is -0.490 e. The molecule has 3 heterocycles. The summed E-state index contributed by atoms with van der Waals surface area (Å²) in [7, 11) is 0. The molecule has 0 spiro atoms. The summed E-state index contributed by atoms with van der Waals surface area (Å²) in [4.78, 5) is 16.7. The Hall–Kier alpha value is -1.53. The molecule has 1 aromatic rings. The molecule has 0 saturated carbocycles. The summed E-state index contributed by atoms with van der Waals surface area (Å²) in [5.41, 5.74) is -0.0868. The molecule has 1 N–H and O–H groups in total. The summed E-state index contributed by atoms with van der Waals surface area (Å²) < 4.78 is 16.6. The smallest absolute Gasteiger partial charge is 0.408 e. The van der Waals surface area contributed by atoms with Gasteiger partial charge in [-0.3, -0.25) is 0 Å². The van der Waals surface area contributed by atoms with E-state index in [1.54, 1.807) is 0 Å². The number of rotatable bonds is 2. The molecule has 1 unspecified atom stereocenters. The van der Waals surface area contributed by atoms with E-state index in [1.807, 2.05) is 40.7 Å². The van der Waals surface area contributed by atoms with Gasteiger partial charge >= 0.3 is 6.09 Å². The predicted octanol–water partition coefficient (Wildman–Crippen LogP) is 3.50. The molecule has 6 nitrogen and oxygen atoms in total. The van der Waals surface area contributed by atoms with E-state index in [0.717, 1.165) is 11.3 Å². The fourth-order valence-corrected chi connectivity index (χ4v) is 2.97. The zero-order valence-electron chi connectivity index (χ0n) is 14.7. The number of fused-ring (bicyclic) bond motifs is 1. The number of hydrogen-bond donors (Lipinski definition) is 1. The highest BCUT2D eigenvalue weighted by Crippen LogP contribution is 2.45. The van der Waals surface area contributed by atoms with Gasteiger partial charge in [0.15, 0.2) is 10.9 Å². The van der Waals surface area contributed by atoms with Crippen LogP contribution >= 0.6 is 11.6 Å². The molecule has 0 radical (unpaired) electrons. The summed E-state index contributed by atoms with van der Waals surface area (Å²) in [5.74, 6) is 0.509. The van der Waals surface area contributed by atoms with Gasteiger partial charge in [-0.15, -0.1) is 0 Å². The monoisotopic (exact) mass is 354 g/mol. The van der Waals surface area contributed by atoms with Crippen LogP contribution in [0.25, 0.3) is 0 Å². The van der Waals surface area contributed by atoms with Crippen LogP contribution in [0.1, 0.15) is 52.3 Å². The second-order valence-corrected chi connectivity index (χ2v) is 8.11. The zero-order chi connectivity index (χ0) is 17.8. The standard InChI is InChI=1S/C17H23ClN2O4/c1-15(2,3)24-14(21)20-16(4)6-7-22-12-10(16)8-11(19-13(12)18)17(5)9-23-17/h8H,6-7,9H2,1-5H3,(H,20,21)/t16-,17?/m0/s1.